The monoisotopic (exact) mass is 264 g/mol. The summed E-state index contributed by atoms with van der Waals surface area (Å²) in [6.07, 6.45) is 3.80. The average molecular weight is 264 g/mol. The second kappa shape index (κ2) is 5.44. The Labute approximate surface area is 110 Å². The number of hydrogen-bond acceptors (Lipinski definition) is 3. The lowest BCUT2D eigenvalue weighted by Crippen LogP contribution is -2.42. The number of nitrogens with one attached hydrogen (secondary N) is 2. The fourth-order valence-corrected chi connectivity index (χ4v) is 2.05. The second-order valence-electron chi connectivity index (χ2n) is 4.40. The van der Waals surface area contributed by atoms with Crippen LogP contribution in [0.15, 0.2) is 23.1 Å². The normalized spacial score (nSPS) is 14.1. The molecule has 0 heterocycles. The molecule has 1 fully saturated rings. The van der Waals surface area contributed by atoms with Crippen LogP contribution >= 0.6 is 11.8 Å². The van der Waals surface area contributed by atoms with E-state index in [4.69, 9.17) is 0 Å². The van der Waals surface area contributed by atoms with Crippen LogP contribution in [0.4, 0.5) is 0 Å². The van der Waals surface area contributed by atoms with E-state index in [1.54, 1.807) is 11.8 Å². The molecule has 0 aliphatic heterocycles. The molecule has 5 heteroatoms. The van der Waals surface area contributed by atoms with Crippen molar-refractivity contribution in [2.24, 2.45) is 5.92 Å². The smallest absolute Gasteiger partial charge is 0.269 e. The Kier molecular flexibility index (Phi) is 3.91. The van der Waals surface area contributed by atoms with Gasteiger partial charge in [-0.15, -0.1) is 11.8 Å². The largest absolute Gasteiger partial charge is 0.273 e. The minimum Gasteiger partial charge on any atom is -0.273 e. The number of hydrazine groups is 1. The molecule has 0 radical (unpaired) electrons. The van der Waals surface area contributed by atoms with Gasteiger partial charge in [0.2, 0.25) is 5.91 Å². The van der Waals surface area contributed by atoms with Crippen molar-refractivity contribution in [3.05, 3.63) is 29.3 Å². The Balaban J connectivity index is 2.00. The molecule has 4 nitrogen and oxygen atoms in total. The molecule has 2 rings (SSSR count). The summed E-state index contributed by atoms with van der Waals surface area (Å²) in [7, 11) is 0. The van der Waals surface area contributed by atoms with Gasteiger partial charge in [-0.25, -0.2) is 0 Å². The third-order valence-corrected chi connectivity index (χ3v) is 3.66. The zero-order chi connectivity index (χ0) is 13.1. The topological polar surface area (TPSA) is 58.2 Å². The van der Waals surface area contributed by atoms with Crippen molar-refractivity contribution in [2.75, 3.05) is 6.26 Å². The number of carbonyl (C=O) groups excluding carboxylic acids is 2. The van der Waals surface area contributed by atoms with E-state index in [0.717, 1.165) is 23.3 Å². The quantitative estimate of drug-likeness (QED) is 0.647. The molecule has 1 aliphatic rings. The lowest BCUT2D eigenvalue weighted by atomic mass is 10.1. The van der Waals surface area contributed by atoms with Crippen LogP contribution in [0.25, 0.3) is 0 Å². The first-order valence-corrected chi connectivity index (χ1v) is 7.09. The van der Waals surface area contributed by atoms with E-state index in [2.05, 4.69) is 10.9 Å². The van der Waals surface area contributed by atoms with Crippen LogP contribution in [-0.2, 0) is 4.79 Å². The predicted molar refractivity (Wildman–Crippen MR) is 71.3 cm³/mol. The van der Waals surface area contributed by atoms with Gasteiger partial charge in [0, 0.05) is 16.4 Å². The van der Waals surface area contributed by atoms with Gasteiger partial charge in [0.05, 0.1) is 0 Å². The summed E-state index contributed by atoms with van der Waals surface area (Å²) in [5, 5.41) is 0. The molecule has 0 unspecified atom stereocenters. The SMILES string of the molecule is CSc1ccc(C)c(C(=O)NNC(=O)C2CC2)c1. The molecule has 2 N–H and O–H groups in total. The second-order valence-corrected chi connectivity index (χ2v) is 5.28. The Morgan fingerprint density at radius 2 is 2.00 bits per heavy atom. The van der Waals surface area contributed by atoms with Gasteiger partial charge in [-0.05, 0) is 43.7 Å². The van der Waals surface area contributed by atoms with Crippen LogP contribution in [0, 0.1) is 12.8 Å². The van der Waals surface area contributed by atoms with E-state index < -0.39 is 0 Å². The molecule has 18 heavy (non-hydrogen) atoms. The van der Waals surface area contributed by atoms with Crippen molar-refractivity contribution in [1.29, 1.82) is 0 Å². The van der Waals surface area contributed by atoms with Gasteiger partial charge in [-0.3, -0.25) is 20.4 Å². The van der Waals surface area contributed by atoms with Crippen LogP contribution in [0.2, 0.25) is 0 Å². The van der Waals surface area contributed by atoms with Gasteiger partial charge in [0.25, 0.3) is 5.91 Å². The minimum absolute atomic E-state index is 0.0870. The van der Waals surface area contributed by atoms with E-state index in [1.807, 2.05) is 31.4 Å². The van der Waals surface area contributed by atoms with Crippen molar-refractivity contribution in [2.45, 2.75) is 24.7 Å². The molecule has 2 amide bonds. The number of benzene rings is 1. The zero-order valence-electron chi connectivity index (χ0n) is 10.4. The molecular formula is C13H16N2O2S. The highest BCUT2D eigenvalue weighted by Gasteiger charge is 2.29. The predicted octanol–water partition coefficient (Wildman–Crippen LogP) is 1.89. The fourth-order valence-electron chi connectivity index (χ4n) is 1.61. The summed E-state index contributed by atoms with van der Waals surface area (Å²) >= 11 is 1.58. The standard InChI is InChI=1S/C13H16N2O2S/c1-8-3-6-10(18-2)7-11(8)13(17)15-14-12(16)9-4-5-9/h3,6-7,9H,4-5H2,1-2H3,(H,14,16)(H,15,17). The highest BCUT2D eigenvalue weighted by atomic mass is 32.2. The van der Waals surface area contributed by atoms with Crippen molar-refractivity contribution < 1.29 is 9.59 Å². The highest BCUT2D eigenvalue weighted by molar-refractivity contribution is 7.98. The molecule has 1 aromatic rings. The number of hydrogen-bond donors (Lipinski definition) is 2. The van der Waals surface area contributed by atoms with Crippen molar-refractivity contribution >= 4 is 23.6 Å². The molecular weight excluding hydrogens is 248 g/mol. The van der Waals surface area contributed by atoms with E-state index in [0.29, 0.717) is 5.56 Å². The summed E-state index contributed by atoms with van der Waals surface area (Å²) in [4.78, 5) is 24.4. The maximum Gasteiger partial charge on any atom is 0.269 e. The first-order valence-electron chi connectivity index (χ1n) is 5.86. The molecule has 0 bridgehead atoms. The van der Waals surface area contributed by atoms with Gasteiger partial charge in [-0.2, -0.15) is 0 Å². The van der Waals surface area contributed by atoms with E-state index in [1.165, 1.54) is 0 Å². The molecule has 0 saturated heterocycles. The lowest BCUT2D eigenvalue weighted by Gasteiger charge is -2.09. The Bertz CT molecular complexity index is 484. The molecule has 1 saturated carbocycles. The third-order valence-electron chi connectivity index (χ3n) is 2.94. The van der Waals surface area contributed by atoms with Crippen molar-refractivity contribution in [3.8, 4) is 0 Å². The van der Waals surface area contributed by atoms with Crippen LogP contribution in [0.5, 0.6) is 0 Å². The van der Waals surface area contributed by atoms with Gasteiger partial charge >= 0.3 is 0 Å². The van der Waals surface area contributed by atoms with Crippen LogP contribution in [0.3, 0.4) is 0 Å². The molecule has 1 aliphatic carbocycles. The number of thioether (sulfide) groups is 1. The number of aryl methyl sites for hydroxylation is 1. The summed E-state index contributed by atoms with van der Waals surface area (Å²) in [6.45, 7) is 1.88. The van der Waals surface area contributed by atoms with E-state index in [-0.39, 0.29) is 17.7 Å². The van der Waals surface area contributed by atoms with Gasteiger partial charge in [-0.1, -0.05) is 6.07 Å². The molecule has 0 spiro atoms. The van der Waals surface area contributed by atoms with E-state index in [9.17, 15) is 9.59 Å². The summed E-state index contributed by atoms with van der Waals surface area (Å²) < 4.78 is 0. The Morgan fingerprint density at radius 1 is 1.28 bits per heavy atom. The zero-order valence-corrected chi connectivity index (χ0v) is 11.3. The van der Waals surface area contributed by atoms with Crippen LogP contribution < -0.4 is 10.9 Å². The summed E-state index contributed by atoms with van der Waals surface area (Å²) in [5.41, 5.74) is 6.42. The third kappa shape index (κ3) is 3.04. The Hall–Kier alpha value is -1.49. The molecule has 1 aromatic carbocycles. The first-order chi connectivity index (χ1) is 8.61. The molecule has 0 atom stereocenters. The number of amides is 2. The highest BCUT2D eigenvalue weighted by Crippen LogP contribution is 2.28. The van der Waals surface area contributed by atoms with Crippen LogP contribution in [-0.4, -0.2) is 18.1 Å². The van der Waals surface area contributed by atoms with Crippen molar-refractivity contribution in [3.63, 3.8) is 0 Å². The molecule has 0 aromatic heterocycles. The fraction of sp³-hybridized carbons (Fsp3) is 0.385. The van der Waals surface area contributed by atoms with Crippen molar-refractivity contribution in [1.82, 2.24) is 10.9 Å². The Morgan fingerprint density at radius 3 is 2.61 bits per heavy atom. The van der Waals surface area contributed by atoms with Gasteiger partial charge in [0.15, 0.2) is 0 Å². The number of carbonyl (C=O) groups is 2. The maximum absolute atomic E-state index is 11.9. The minimum atomic E-state index is -0.266. The van der Waals surface area contributed by atoms with Crippen LogP contribution in [0.1, 0.15) is 28.8 Å². The average Bonchev–Trinajstić information content (AvgIpc) is 3.20. The summed E-state index contributed by atoms with van der Waals surface area (Å²) in [5.74, 6) is -0.275. The van der Waals surface area contributed by atoms with Gasteiger partial charge in [0.1, 0.15) is 0 Å². The first kappa shape index (κ1) is 13.0. The number of rotatable bonds is 3. The molecule has 96 valence electrons. The van der Waals surface area contributed by atoms with E-state index >= 15 is 0 Å². The van der Waals surface area contributed by atoms with Gasteiger partial charge < -0.3 is 0 Å². The lowest BCUT2D eigenvalue weighted by molar-refractivity contribution is -0.123. The summed E-state index contributed by atoms with van der Waals surface area (Å²) in [6, 6.07) is 5.71. The maximum atomic E-state index is 11.9.